The number of hydrogen-bond donors (Lipinski definition) is 1. The quantitative estimate of drug-likeness (QED) is 0.723. The van der Waals surface area contributed by atoms with Gasteiger partial charge < -0.3 is 5.32 Å². The highest BCUT2D eigenvalue weighted by Crippen LogP contribution is 2.36. The molecule has 2 nitrogen and oxygen atoms in total. The number of hydrogen-bond acceptors (Lipinski definition) is 1. The first-order chi connectivity index (χ1) is 10.8. The van der Waals surface area contributed by atoms with Crippen molar-refractivity contribution >= 4 is 11.6 Å². The molecule has 3 rings (SSSR count). The van der Waals surface area contributed by atoms with Gasteiger partial charge in [-0.05, 0) is 11.1 Å². The zero-order valence-electron chi connectivity index (χ0n) is 12.4. The van der Waals surface area contributed by atoms with Gasteiger partial charge in [0.05, 0.1) is 5.69 Å². The van der Waals surface area contributed by atoms with Crippen LogP contribution in [-0.4, -0.2) is 5.91 Å². The molecule has 0 atom stereocenters. The highest BCUT2D eigenvalue weighted by Gasteiger charge is 2.12. The predicted molar refractivity (Wildman–Crippen MR) is 91.6 cm³/mol. The minimum Gasteiger partial charge on any atom is -0.325 e. The van der Waals surface area contributed by atoms with Gasteiger partial charge in [-0.1, -0.05) is 78.9 Å². The minimum absolute atomic E-state index is 0.0689. The van der Waals surface area contributed by atoms with Gasteiger partial charge in [0.1, 0.15) is 0 Å². The maximum atomic E-state index is 11.7. The molecule has 0 aliphatic heterocycles. The normalized spacial score (nSPS) is 10.2. The molecule has 0 aromatic heterocycles. The summed E-state index contributed by atoms with van der Waals surface area (Å²) in [6.45, 7) is 1.54. The van der Waals surface area contributed by atoms with E-state index < -0.39 is 0 Å². The topological polar surface area (TPSA) is 29.1 Å². The summed E-state index contributed by atoms with van der Waals surface area (Å²) in [4.78, 5) is 11.7. The number of rotatable bonds is 3. The van der Waals surface area contributed by atoms with Crippen molar-refractivity contribution in [1.82, 2.24) is 0 Å². The third kappa shape index (κ3) is 2.91. The van der Waals surface area contributed by atoms with Gasteiger partial charge in [-0.2, -0.15) is 0 Å². The summed E-state index contributed by atoms with van der Waals surface area (Å²) in [6.07, 6.45) is 0. The maximum Gasteiger partial charge on any atom is 0.221 e. The van der Waals surface area contributed by atoms with Crippen molar-refractivity contribution in [3.63, 3.8) is 0 Å². The Balaban J connectivity index is 2.21. The zero-order chi connectivity index (χ0) is 15.4. The number of carbonyl (C=O) groups is 1. The van der Waals surface area contributed by atoms with E-state index in [0.29, 0.717) is 0 Å². The minimum atomic E-state index is -0.0689. The summed E-state index contributed by atoms with van der Waals surface area (Å²) < 4.78 is 0. The Morgan fingerprint density at radius 2 is 1.14 bits per heavy atom. The molecule has 3 aromatic rings. The maximum absolute atomic E-state index is 11.7. The predicted octanol–water partition coefficient (Wildman–Crippen LogP) is 4.98. The van der Waals surface area contributed by atoms with Crippen molar-refractivity contribution in [1.29, 1.82) is 0 Å². The Labute approximate surface area is 130 Å². The lowest BCUT2D eigenvalue weighted by Gasteiger charge is -2.15. The van der Waals surface area contributed by atoms with E-state index in [0.717, 1.165) is 27.9 Å². The number of nitrogens with one attached hydrogen (secondary N) is 1. The van der Waals surface area contributed by atoms with Gasteiger partial charge in [-0.15, -0.1) is 0 Å². The average molecular weight is 287 g/mol. The standard InChI is InChI=1S/C20H17NO/c1-15(22)21-20-18(16-9-4-2-5-10-16)13-8-14-19(20)17-11-6-3-7-12-17/h2-14H,1H3,(H,21,22). The fourth-order valence-electron chi connectivity index (χ4n) is 2.58. The van der Waals surface area contributed by atoms with Gasteiger partial charge in [0.15, 0.2) is 0 Å². The lowest BCUT2D eigenvalue weighted by molar-refractivity contribution is -0.114. The van der Waals surface area contributed by atoms with E-state index in [4.69, 9.17) is 0 Å². The number of amides is 1. The molecule has 0 heterocycles. The number of benzene rings is 3. The van der Waals surface area contributed by atoms with Crippen molar-refractivity contribution < 1.29 is 4.79 Å². The van der Waals surface area contributed by atoms with Crippen molar-refractivity contribution in [3.8, 4) is 22.3 Å². The van der Waals surface area contributed by atoms with Gasteiger partial charge in [-0.25, -0.2) is 0 Å². The van der Waals surface area contributed by atoms with Gasteiger partial charge in [-0.3, -0.25) is 4.79 Å². The fourth-order valence-corrected chi connectivity index (χ4v) is 2.58. The van der Waals surface area contributed by atoms with Crippen LogP contribution in [0.25, 0.3) is 22.3 Å². The van der Waals surface area contributed by atoms with Crippen LogP contribution in [0.2, 0.25) is 0 Å². The van der Waals surface area contributed by atoms with Gasteiger partial charge in [0.2, 0.25) is 5.91 Å². The van der Waals surface area contributed by atoms with Crippen LogP contribution in [0.4, 0.5) is 5.69 Å². The second kappa shape index (κ2) is 6.27. The van der Waals surface area contributed by atoms with Crippen LogP contribution in [-0.2, 0) is 4.79 Å². The molecule has 0 bridgehead atoms. The second-order valence-corrected chi connectivity index (χ2v) is 5.14. The first kappa shape index (κ1) is 14.1. The molecular weight excluding hydrogens is 270 g/mol. The summed E-state index contributed by atoms with van der Waals surface area (Å²) in [5, 5.41) is 3.00. The number of anilines is 1. The van der Waals surface area contributed by atoms with Crippen molar-refractivity contribution in [2.75, 3.05) is 5.32 Å². The van der Waals surface area contributed by atoms with E-state index in [1.807, 2.05) is 54.6 Å². The monoisotopic (exact) mass is 287 g/mol. The molecule has 0 saturated carbocycles. The van der Waals surface area contributed by atoms with E-state index in [1.54, 1.807) is 0 Å². The van der Waals surface area contributed by atoms with Crippen LogP contribution in [0.3, 0.4) is 0 Å². The van der Waals surface area contributed by atoms with Crippen LogP contribution >= 0.6 is 0 Å². The van der Waals surface area contributed by atoms with Gasteiger partial charge in [0, 0.05) is 18.1 Å². The lowest BCUT2D eigenvalue weighted by atomic mass is 9.96. The van der Waals surface area contributed by atoms with Crippen LogP contribution in [0.1, 0.15) is 6.92 Å². The summed E-state index contributed by atoms with van der Waals surface area (Å²) in [5.41, 5.74) is 5.08. The van der Waals surface area contributed by atoms with Crippen LogP contribution in [0, 0.1) is 0 Å². The molecule has 0 spiro atoms. The lowest BCUT2D eigenvalue weighted by Crippen LogP contribution is -2.08. The molecule has 1 N–H and O–H groups in total. The summed E-state index contributed by atoms with van der Waals surface area (Å²) >= 11 is 0. The van der Waals surface area contributed by atoms with Crippen LogP contribution in [0.15, 0.2) is 78.9 Å². The molecular formula is C20H17NO. The summed E-state index contributed by atoms with van der Waals surface area (Å²) in [6, 6.07) is 26.3. The van der Waals surface area contributed by atoms with Crippen molar-refractivity contribution in [2.24, 2.45) is 0 Å². The van der Waals surface area contributed by atoms with E-state index in [2.05, 4.69) is 29.6 Å². The smallest absolute Gasteiger partial charge is 0.221 e. The fraction of sp³-hybridized carbons (Fsp3) is 0.0500. The van der Waals surface area contributed by atoms with Crippen LogP contribution < -0.4 is 5.32 Å². The third-order valence-electron chi connectivity index (χ3n) is 3.54. The molecule has 0 fully saturated rings. The molecule has 0 saturated heterocycles. The molecule has 0 aliphatic carbocycles. The first-order valence-corrected chi connectivity index (χ1v) is 7.27. The largest absolute Gasteiger partial charge is 0.325 e. The molecule has 0 unspecified atom stereocenters. The van der Waals surface area contributed by atoms with E-state index in [-0.39, 0.29) is 5.91 Å². The molecule has 3 aromatic carbocycles. The molecule has 22 heavy (non-hydrogen) atoms. The van der Waals surface area contributed by atoms with Crippen molar-refractivity contribution in [2.45, 2.75) is 6.92 Å². The Kier molecular flexibility index (Phi) is 4.01. The van der Waals surface area contributed by atoms with Gasteiger partial charge >= 0.3 is 0 Å². The van der Waals surface area contributed by atoms with E-state index in [1.165, 1.54) is 6.92 Å². The molecule has 0 radical (unpaired) electrons. The number of carbonyl (C=O) groups excluding carboxylic acids is 1. The van der Waals surface area contributed by atoms with Crippen molar-refractivity contribution in [3.05, 3.63) is 78.9 Å². The third-order valence-corrected chi connectivity index (χ3v) is 3.54. The first-order valence-electron chi connectivity index (χ1n) is 7.27. The number of para-hydroxylation sites is 1. The molecule has 2 heteroatoms. The Morgan fingerprint density at radius 3 is 1.55 bits per heavy atom. The zero-order valence-corrected chi connectivity index (χ0v) is 12.4. The van der Waals surface area contributed by atoms with Crippen LogP contribution in [0.5, 0.6) is 0 Å². The molecule has 0 aliphatic rings. The second-order valence-electron chi connectivity index (χ2n) is 5.14. The Hall–Kier alpha value is -2.87. The van der Waals surface area contributed by atoms with E-state index >= 15 is 0 Å². The average Bonchev–Trinajstić information content (AvgIpc) is 2.56. The SMILES string of the molecule is CC(=O)Nc1c(-c2ccccc2)cccc1-c1ccccc1. The highest BCUT2D eigenvalue weighted by atomic mass is 16.1. The summed E-state index contributed by atoms with van der Waals surface area (Å²) in [7, 11) is 0. The molecule has 108 valence electrons. The molecule has 1 amide bonds. The Morgan fingerprint density at radius 1 is 0.682 bits per heavy atom. The Bertz CT molecular complexity index is 722. The summed E-state index contributed by atoms with van der Waals surface area (Å²) in [5.74, 6) is -0.0689. The highest BCUT2D eigenvalue weighted by molar-refractivity contribution is 6.00. The van der Waals surface area contributed by atoms with E-state index in [9.17, 15) is 4.79 Å². The van der Waals surface area contributed by atoms with Gasteiger partial charge in [0.25, 0.3) is 0 Å².